The van der Waals surface area contributed by atoms with Crippen molar-refractivity contribution in [3.05, 3.63) is 65.6 Å². The topological polar surface area (TPSA) is 92.3 Å². The molecule has 0 radical (unpaired) electrons. The van der Waals surface area contributed by atoms with Crippen LogP contribution in [-0.4, -0.2) is 18.5 Å². The van der Waals surface area contributed by atoms with Crippen LogP contribution in [0.4, 0.5) is 0 Å². The molecule has 0 aliphatic carbocycles. The molecule has 1 aromatic carbocycles. The van der Waals surface area contributed by atoms with Crippen LogP contribution in [0.25, 0.3) is 6.08 Å². The lowest BCUT2D eigenvalue weighted by atomic mass is 10.2. The second kappa shape index (κ2) is 8.20. The number of hydrogen-bond acceptors (Lipinski definition) is 5. The van der Waals surface area contributed by atoms with E-state index >= 15 is 0 Å². The lowest BCUT2D eigenvalue weighted by Crippen LogP contribution is -2.28. The van der Waals surface area contributed by atoms with Crippen LogP contribution in [0, 0.1) is 11.3 Å². The van der Waals surface area contributed by atoms with Crippen molar-refractivity contribution in [3.8, 4) is 6.07 Å². The highest BCUT2D eigenvalue weighted by Crippen LogP contribution is 2.08. The highest BCUT2D eigenvalue weighted by Gasteiger charge is 2.13. The molecule has 2 aromatic rings. The Labute approximate surface area is 133 Å². The smallest absolute Gasteiger partial charge is 0.349 e. The first-order valence-corrected chi connectivity index (χ1v) is 6.82. The molecule has 23 heavy (non-hydrogen) atoms. The number of carbonyl (C=O) groups is 2. The normalized spacial score (nSPS) is 10.7. The average Bonchev–Trinajstić information content (AvgIpc) is 3.09. The molecule has 0 aliphatic heterocycles. The summed E-state index contributed by atoms with van der Waals surface area (Å²) in [4.78, 5) is 23.4. The Bertz CT molecular complexity index is 728. The van der Waals surface area contributed by atoms with Crippen molar-refractivity contribution in [2.45, 2.75) is 6.54 Å². The van der Waals surface area contributed by atoms with Crippen LogP contribution in [0.1, 0.15) is 11.3 Å². The highest BCUT2D eigenvalue weighted by atomic mass is 16.5. The molecular formula is C17H14N2O4. The number of furan rings is 1. The molecule has 116 valence electrons. The Morgan fingerprint density at radius 3 is 2.65 bits per heavy atom. The fourth-order valence-electron chi connectivity index (χ4n) is 1.71. The maximum Gasteiger partial charge on any atom is 0.349 e. The maximum atomic E-state index is 11.7. The summed E-state index contributed by atoms with van der Waals surface area (Å²) in [5.41, 5.74) is 0.693. The molecule has 1 heterocycles. The molecule has 6 nitrogen and oxygen atoms in total. The minimum absolute atomic E-state index is 0.240. The number of nitrogens with zero attached hydrogens (tertiary/aromatic N) is 1. The van der Waals surface area contributed by atoms with E-state index in [4.69, 9.17) is 14.4 Å². The summed E-state index contributed by atoms with van der Waals surface area (Å²) in [6.07, 6.45) is 2.67. The predicted molar refractivity (Wildman–Crippen MR) is 81.5 cm³/mol. The standard InChI is InChI=1S/C17H14N2O4/c18-10-14(9-15-7-4-8-22-15)17(21)23-12-16(20)19-11-13-5-2-1-3-6-13/h1-9H,11-12H2,(H,19,20)/b14-9+. The third-order valence-corrected chi connectivity index (χ3v) is 2.84. The zero-order chi connectivity index (χ0) is 16.5. The van der Waals surface area contributed by atoms with Gasteiger partial charge in [0.2, 0.25) is 0 Å². The number of benzene rings is 1. The van der Waals surface area contributed by atoms with Gasteiger partial charge in [-0.2, -0.15) is 5.26 Å². The van der Waals surface area contributed by atoms with E-state index in [0.717, 1.165) is 5.56 Å². The molecule has 0 fully saturated rings. The van der Waals surface area contributed by atoms with Crippen LogP contribution < -0.4 is 5.32 Å². The van der Waals surface area contributed by atoms with Crippen molar-refractivity contribution >= 4 is 18.0 Å². The van der Waals surface area contributed by atoms with E-state index in [1.165, 1.54) is 12.3 Å². The monoisotopic (exact) mass is 310 g/mol. The van der Waals surface area contributed by atoms with Gasteiger partial charge in [0.15, 0.2) is 6.61 Å². The van der Waals surface area contributed by atoms with Crippen LogP contribution >= 0.6 is 0 Å². The first-order valence-electron chi connectivity index (χ1n) is 6.82. The summed E-state index contributed by atoms with van der Waals surface area (Å²) in [6.45, 7) is -0.118. The molecule has 0 aliphatic rings. The van der Waals surface area contributed by atoms with Gasteiger partial charge < -0.3 is 14.5 Å². The lowest BCUT2D eigenvalue weighted by Gasteiger charge is -2.06. The van der Waals surface area contributed by atoms with Gasteiger partial charge in [-0.3, -0.25) is 4.79 Å². The summed E-state index contributed by atoms with van der Waals surface area (Å²) < 4.78 is 9.83. The van der Waals surface area contributed by atoms with E-state index in [2.05, 4.69) is 5.32 Å². The number of rotatable bonds is 6. The number of carbonyl (C=O) groups excluding carboxylic acids is 2. The SMILES string of the molecule is N#C/C(=C\c1ccco1)C(=O)OCC(=O)NCc1ccccc1. The molecular weight excluding hydrogens is 296 g/mol. The third kappa shape index (κ3) is 5.17. The molecule has 1 amide bonds. The van der Waals surface area contributed by atoms with E-state index in [-0.39, 0.29) is 5.57 Å². The third-order valence-electron chi connectivity index (χ3n) is 2.84. The van der Waals surface area contributed by atoms with Gasteiger partial charge in [-0.15, -0.1) is 0 Å². The Hall–Kier alpha value is -3.33. The number of nitriles is 1. The predicted octanol–water partition coefficient (Wildman–Crippen LogP) is 2.05. The Morgan fingerprint density at radius 2 is 2.00 bits per heavy atom. The summed E-state index contributed by atoms with van der Waals surface area (Å²) in [5.74, 6) is -0.969. The summed E-state index contributed by atoms with van der Waals surface area (Å²) in [5, 5.41) is 11.6. The molecule has 6 heteroatoms. The number of esters is 1. The van der Waals surface area contributed by atoms with Crippen molar-refractivity contribution < 1.29 is 18.7 Å². The minimum atomic E-state index is -0.876. The van der Waals surface area contributed by atoms with Crippen molar-refractivity contribution in [2.75, 3.05) is 6.61 Å². The van der Waals surface area contributed by atoms with Crippen LogP contribution in [-0.2, 0) is 20.9 Å². The van der Waals surface area contributed by atoms with Gasteiger partial charge in [-0.05, 0) is 17.7 Å². The molecule has 0 saturated carbocycles. The van der Waals surface area contributed by atoms with E-state index in [9.17, 15) is 9.59 Å². The van der Waals surface area contributed by atoms with Crippen molar-refractivity contribution in [3.63, 3.8) is 0 Å². The maximum absolute atomic E-state index is 11.7. The van der Waals surface area contributed by atoms with Gasteiger partial charge in [-0.25, -0.2) is 4.79 Å². The molecule has 0 spiro atoms. The summed E-state index contributed by atoms with van der Waals surface area (Å²) in [7, 11) is 0. The van der Waals surface area contributed by atoms with E-state index in [1.807, 2.05) is 30.3 Å². The minimum Gasteiger partial charge on any atom is -0.465 e. The van der Waals surface area contributed by atoms with Gasteiger partial charge in [0.1, 0.15) is 17.4 Å². The number of nitrogens with one attached hydrogen (secondary N) is 1. The second-order valence-electron chi connectivity index (χ2n) is 4.52. The molecule has 2 rings (SSSR count). The van der Waals surface area contributed by atoms with Crippen LogP contribution in [0.15, 0.2) is 58.7 Å². The van der Waals surface area contributed by atoms with Gasteiger partial charge in [0.25, 0.3) is 5.91 Å². The zero-order valence-electron chi connectivity index (χ0n) is 12.2. The largest absolute Gasteiger partial charge is 0.465 e. The average molecular weight is 310 g/mol. The molecule has 0 saturated heterocycles. The van der Waals surface area contributed by atoms with Gasteiger partial charge in [-0.1, -0.05) is 30.3 Å². The van der Waals surface area contributed by atoms with Gasteiger partial charge >= 0.3 is 5.97 Å². The van der Waals surface area contributed by atoms with Gasteiger partial charge in [0, 0.05) is 12.6 Å². The summed E-state index contributed by atoms with van der Waals surface area (Å²) in [6, 6.07) is 14.3. The molecule has 0 unspecified atom stereocenters. The molecule has 0 atom stereocenters. The fraction of sp³-hybridized carbons (Fsp3) is 0.118. The molecule has 0 bridgehead atoms. The number of hydrogen-bond donors (Lipinski definition) is 1. The Morgan fingerprint density at radius 1 is 1.22 bits per heavy atom. The Kier molecular flexibility index (Phi) is 5.72. The number of ether oxygens (including phenoxy) is 1. The van der Waals surface area contributed by atoms with Crippen LogP contribution in [0.5, 0.6) is 0 Å². The van der Waals surface area contributed by atoms with E-state index in [1.54, 1.807) is 18.2 Å². The van der Waals surface area contributed by atoms with Crippen molar-refractivity contribution in [2.24, 2.45) is 0 Å². The van der Waals surface area contributed by atoms with E-state index in [0.29, 0.717) is 12.3 Å². The fourth-order valence-corrected chi connectivity index (χ4v) is 1.71. The zero-order valence-corrected chi connectivity index (χ0v) is 12.2. The summed E-state index contributed by atoms with van der Waals surface area (Å²) >= 11 is 0. The van der Waals surface area contributed by atoms with Crippen LogP contribution in [0.2, 0.25) is 0 Å². The van der Waals surface area contributed by atoms with Gasteiger partial charge in [0.05, 0.1) is 6.26 Å². The lowest BCUT2D eigenvalue weighted by molar-refractivity contribution is -0.144. The number of amides is 1. The quantitative estimate of drug-likeness (QED) is 0.501. The van der Waals surface area contributed by atoms with Crippen molar-refractivity contribution in [1.82, 2.24) is 5.32 Å². The van der Waals surface area contributed by atoms with Crippen LogP contribution in [0.3, 0.4) is 0 Å². The highest BCUT2D eigenvalue weighted by molar-refractivity contribution is 5.98. The molecule has 1 N–H and O–H groups in total. The molecule has 1 aromatic heterocycles. The first-order chi connectivity index (χ1) is 11.2. The first kappa shape index (κ1) is 16.0. The van der Waals surface area contributed by atoms with E-state index < -0.39 is 18.5 Å². The Balaban J connectivity index is 1.81. The van der Waals surface area contributed by atoms with Crippen molar-refractivity contribution in [1.29, 1.82) is 5.26 Å². The second-order valence-corrected chi connectivity index (χ2v) is 4.52.